The molecule has 3 rings (SSSR count). The van der Waals surface area contributed by atoms with Gasteiger partial charge in [0.05, 0.1) is 6.54 Å². The Hall–Kier alpha value is -2.69. The Morgan fingerprint density at radius 1 is 1.19 bits per heavy atom. The topological polar surface area (TPSA) is 50.8 Å². The fraction of sp³-hybridized carbons (Fsp3) is 0.381. The van der Waals surface area contributed by atoms with Gasteiger partial charge in [0.25, 0.3) is 5.91 Å². The number of nitrogens with one attached hydrogen (secondary N) is 1. The molecule has 0 fully saturated rings. The molecule has 0 unspecified atom stereocenters. The van der Waals surface area contributed by atoms with Crippen LogP contribution in [0.3, 0.4) is 0 Å². The Morgan fingerprint density at radius 2 is 1.92 bits per heavy atom. The molecule has 138 valence electrons. The summed E-state index contributed by atoms with van der Waals surface area (Å²) in [6.07, 6.45) is 0.874. The third-order valence-electron chi connectivity index (χ3n) is 4.35. The van der Waals surface area contributed by atoms with Gasteiger partial charge in [0.1, 0.15) is 12.2 Å². The van der Waals surface area contributed by atoms with E-state index in [9.17, 15) is 4.79 Å². The van der Waals surface area contributed by atoms with Crippen LogP contribution in [0.4, 0.5) is 5.69 Å². The van der Waals surface area contributed by atoms with E-state index in [1.807, 2.05) is 55.4 Å². The molecule has 0 saturated heterocycles. The van der Waals surface area contributed by atoms with Crippen molar-refractivity contribution in [1.29, 1.82) is 0 Å². The van der Waals surface area contributed by atoms with E-state index in [-0.39, 0.29) is 11.5 Å². The van der Waals surface area contributed by atoms with Gasteiger partial charge in [0.15, 0.2) is 11.5 Å². The number of rotatable bonds is 6. The molecule has 5 nitrogen and oxygen atoms in total. The summed E-state index contributed by atoms with van der Waals surface area (Å²) in [6, 6.07) is 13.5. The SMILES string of the molecule is CN(C)c1ccc(C(=O)NCCOc2cccc3c2OC(C)(C)C3)cc1. The van der Waals surface area contributed by atoms with Crippen LogP contribution in [0.5, 0.6) is 11.5 Å². The van der Waals surface area contributed by atoms with Crippen LogP contribution in [-0.4, -0.2) is 38.8 Å². The van der Waals surface area contributed by atoms with E-state index in [4.69, 9.17) is 9.47 Å². The first-order valence-corrected chi connectivity index (χ1v) is 8.85. The molecule has 1 aliphatic rings. The first-order valence-electron chi connectivity index (χ1n) is 8.85. The second kappa shape index (κ2) is 7.28. The third-order valence-corrected chi connectivity index (χ3v) is 4.35. The molecule has 0 atom stereocenters. The molecule has 1 amide bonds. The normalized spacial score (nSPS) is 14.3. The first kappa shape index (κ1) is 18.1. The highest BCUT2D eigenvalue weighted by Crippen LogP contribution is 2.41. The zero-order valence-corrected chi connectivity index (χ0v) is 15.8. The minimum Gasteiger partial charge on any atom is -0.488 e. The van der Waals surface area contributed by atoms with E-state index in [2.05, 4.69) is 25.2 Å². The van der Waals surface area contributed by atoms with Gasteiger partial charge in [-0.25, -0.2) is 0 Å². The Balaban J connectivity index is 1.51. The van der Waals surface area contributed by atoms with Crippen molar-refractivity contribution in [2.45, 2.75) is 25.9 Å². The van der Waals surface area contributed by atoms with Gasteiger partial charge >= 0.3 is 0 Å². The number of ether oxygens (including phenoxy) is 2. The van der Waals surface area contributed by atoms with Crippen LogP contribution < -0.4 is 19.7 Å². The maximum absolute atomic E-state index is 12.2. The van der Waals surface area contributed by atoms with E-state index in [1.165, 1.54) is 0 Å². The molecule has 2 aromatic carbocycles. The summed E-state index contributed by atoms with van der Waals surface area (Å²) in [7, 11) is 3.94. The fourth-order valence-corrected chi connectivity index (χ4v) is 3.04. The minimum absolute atomic E-state index is 0.102. The van der Waals surface area contributed by atoms with Crippen molar-refractivity contribution in [1.82, 2.24) is 5.32 Å². The van der Waals surface area contributed by atoms with Crippen molar-refractivity contribution >= 4 is 11.6 Å². The molecule has 5 heteroatoms. The lowest BCUT2D eigenvalue weighted by atomic mass is 10.0. The quantitative estimate of drug-likeness (QED) is 0.809. The van der Waals surface area contributed by atoms with Crippen molar-refractivity contribution in [3.63, 3.8) is 0 Å². The van der Waals surface area contributed by atoms with Crippen LogP contribution in [0.25, 0.3) is 0 Å². The fourth-order valence-electron chi connectivity index (χ4n) is 3.04. The smallest absolute Gasteiger partial charge is 0.251 e. The molecule has 0 bridgehead atoms. The van der Waals surface area contributed by atoms with Crippen LogP contribution in [0.1, 0.15) is 29.8 Å². The van der Waals surface area contributed by atoms with Crippen molar-refractivity contribution in [2.24, 2.45) is 0 Å². The molecule has 0 radical (unpaired) electrons. The number of fused-ring (bicyclic) bond motifs is 1. The van der Waals surface area contributed by atoms with Gasteiger partial charge < -0.3 is 19.7 Å². The Morgan fingerprint density at radius 3 is 2.62 bits per heavy atom. The molecular weight excluding hydrogens is 328 g/mol. The summed E-state index contributed by atoms with van der Waals surface area (Å²) in [4.78, 5) is 14.2. The van der Waals surface area contributed by atoms with Crippen LogP contribution in [-0.2, 0) is 6.42 Å². The highest BCUT2D eigenvalue weighted by Gasteiger charge is 2.32. The first-order chi connectivity index (χ1) is 12.4. The van der Waals surface area contributed by atoms with Gasteiger partial charge in [0, 0.05) is 37.3 Å². The number of nitrogens with zero attached hydrogens (tertiary/aromatic N) is 1. The molecular formula is C21H26N2O3. The van der Waals surface area contributed by atoms with E-state index in [0.717, 1.165) is 29.2 Å². The van der Waals surface area contributed by atoms with Crippen molar-refractivity contribution in [2.75, 3.05) is 32.1 Å². The van der Waals surface area contributed by atoms with Gasteiger partial charge in [-0.2, -0.15) is 0 Å². The summed E-state index contributed by atoms with van der Waals surface area (Å²) in [5, 5.41) is 2.88. The predicted octanol–water partition coefficient (Wildman–Crippen LogP) is 3.27. The standard InChI is InChI=1S/C21H26N2O3/c1-21(2)14-16-6-5-7-18(19(16)26-21)25-13-12-22-20(24)15-8-10-17(11-9-15)23(3)4/h5-11H,12-14H2,1-4H3,(H,22,24). The number of hydrogen-bond donors (Lipinski definition) is 1. The maximum Gasteiger partial charge on any atom is 0.251 e. The molecule has 0 spiro atoms. The van der Waals surface area contributed by atoms with Gasteiger partial charge in [-0.3, -0.25) is 4.79 Å². The lowest BCUT2D eigenvalue weighted by molar-refractivity contribution is 0.0946. The summed E-state index contributed by atoms with van der Waals surface area (Å²) in [5.74, 6) is 1.45. The zero-order chi connectivity index (χ0) is 18.7. The summed E-state index contributed by atoms with van der Waals surface area (Å²) in [5.41, 5.74) is 2.67. The second-order valence-corrected chi connectivity index (χ2v) is 7.33. The van der Waals surface area contributed by atoms with E-state index in [1.54, 1.807) is 0 Å². The molecule has 26 heavy (non-hydrogen) atoms. The van der Waals surface area contributed by atoms with Crippen molar-refractivity contribution in [3.8, 4) is 11.5 Å². The molecule has 1 heterocycles. The second-order valence-electron chi connectivity index (χ2n) is 7.33. The minimum atomic E-state index is -0.200. The Kier molecular flexibility index (Phi) is 5.07. The van der Waals surface area contributed by atoms with E-state index >= 15 is 0 Å². The number of para-hydroxylation sites is 1. The van der Waals surface area contributed by atoms with Crippen LogP contribution >= 0.6 is 0 Å². The number of hydrogen-bond acceptors (Lipinski definition) is 4. The van der Waals surface area contributed by atoms with Gasteiger partial charge in [-0.1, -0.05) is 12.1 Å². The average molecular weight is 354 g/mol. The lowest BCUT2D eigenvalue weighted by Gasteiger charge is -2.18. The number of benzene rings is 2. The molecule has 1 aliphatic heterocycles. The molecule has 2 aromatic rings. The zero-order valence-electron chi connectivity index (χ0n) is 15.8. The Bertz CT molecular complexity index is 782. The number of anilines is 1. The van der Waals surface area contributed by atoms with Crippen molar-refractivity contribution < 1.29 is 14.3 Å². The van der Waals surface area contributed by atoms with Crippen LogP contribution in [0, 0.1) is 0 Å². The number of carbonyl (C=O) groups excluding carboxylic acids is 1. The van der Waals surface area contributed by atoms with Gasteiger partial charge in [-0.15, -0.1) is 0 Å². The third kappa shape index (κ3) is 4.10. The monoisotopic (exact) mass is 354 g/mol. The van der Waals surface area contributed by atoms with Crippen molar-refractivity contribution in [3.05, 3.63) is 53.6 Å². The van der Waals surface area contributed by atoms with E-state index in [0.29, 0.717) is 18.7 Å². The molecule has 0 aromatic heterocycles. The summed E-state index contributed by atoms with van der Waals surface area (Å²) < 4.78 is 11.8. The number of amides is 1. The highest BCUT2D eigenvalue weighted by atomic mass is 16.5. The van der Waals surface area contributed by atoms with Crippen LogP contribution in [0.15, 0.2) is 42.5 Å². The van der Waals surface area contributed by atoms with Gasteiger partial charge in [-0.05, 0) is 44.2 Å². The van der Waals surface area contributed by atoms with Crippen LogP contribution in [0.2, 0.25) is 0 Å². The highest BCUT2D eigenvalue weighted by molar-refractivity contribution is 5.94. The van der Waals surface area contributed by atoms with Gasteiger partial charge in [0.2, 0.25) is 0 Å². The largest absolute Gasteiger partial charge is 0.488 e. The summed E-state index contributed by atoms with van der Waals surface area (Å²) in [6.45, 7) is 4.96. The number of carbonyl (C=O) groups is 1. The maximum atomic E-state index is 12.2. The summed E-state index contributed by atoms with van der Waals surface area (Å²) >= 11 is 0. The average Bonchev–Trinajstić information content (AvgIpc) is 2.93. The Labute approximate surface area is 154 Å². The van der Waals surface area contributed by atoms with E-state index < -0.39 is 0 Å². The predicted molar refractivity (Wildman–Crippen MR) is 103 cm³/mol. The molecule has 1 N–H and O–H groups in total. The lowest BCUT2D eigenvalue weighted by Crippen LogP contribution is -2.28. The molecule has 0 aliphatic carbocycles. The molecule has 0 saturated carbocycles.